The Kier molecular flexibility index (Phi) is 26.4. The van der Waals surface area contributed by atoms with Gasteiger partial charge in [0.15, 0.2) is 5.78 Å². The van der Waals surface area contributed by atoms with Gasteiger partial charge in [0, 0.05) is 19.3 Å². The molecule has 0 aliphatic rings. The van der Waals surface area contributed by atoms with Crippen molar-refractivity contribution in [3.8, 4) is 0 Å². The number of aldehydes is 1. The molecule has 0 aliphatic carbocycles. The molecule has 37 heavy (non-hydrogen) atoms. The van der Waals surface area contributed by atoms with E-state index in [2.05, 4.69) is 32.9 Å². The van der Waals surface area contributed by atoms with E-state index < -0.39 is 0 Å². The van der Waals surface area contributed by atoms with Crippen LogP contribution >= 0.6 is 0 Å². The number of rotatable bonds is 28. The van der Waals surface area contributed by atoms with Crippen LogP contribution in [0.25, 0.3) is 0 Å². The van der Waals surface area contributed by atoms with Gasteiger partial charge in [0.05, 0.1) is 6.10 Å². The molecule has 0 aliphatic heterocycles. The molecule has 0 heterocycles. The van der Waals surface area contributed by atoms with Crippen molar-refractivity contribution < 1.29 is 23.9 Å². The topological polar surface area (TPSA) is 69.7 Å². The maximum atomic E-state index is 12.1. The fourth-order valence-electron chi connectivity index (χ4n) is 4.39. The molecular weight excluding hydrogens is 464 g/mol. The second kappa shape index (κ2) is 27.5. The van der Waals surface area contributed by atoms with E-state index in [4.69, 9.17) is 9.47 Å². The molecule has 0 saturated heterocycles. The van der Waals surface area contributed by atoms with Gasteiger partial charge in [0.25, 0.3) is 0 Å². The Bertz CT molecular complexity index is 572. The first-order chi connectivity index (χ1) is 18.1. The first-order valence-corrected chi connectivity index (χ1v) is 15.5. The standard InChI is InChI=1S/C32H58O5/c1-4-7-9-17-23-30(6-3)37-32(35)26-20-16-14-12-11-13-15-19-25-31(24-18-10-8-5-2)36-28-29(34)22-21-27-33/h15,19,27,30-31H,4-14,16-18,20-26,28H2,1-3H3/b19-15+. The zero-order chi connectivity index (χ0) is 27.4. The van der Waals surface area contributed by atoms with Gasteiger partial charge in [-0.25, -0.2) is 0 Å². The fraction of sp³-hybridized carbons (Fsp3) is 0.844. The van der Waals surface area contributed by atoms with Crippen LogP contribution in [-0.4, -0.2) is 36.9 Å². The SMILES string of the molecule is CCCCCCC(C/C=C/CCCCCCCC(=O)OC(CC)CCCCCC)OCC(=O)CCC=O. The van der Waals surface area contributed by atoms with Crippen molar-refractivity contribution >= 4 is 18.0 Å². The third kappa shape index (κ3) is 24.6. The molecule has 0 bridgehead atoms. The molecule has 0 aromatic carbocycles. The maximum Gasteiger partial charge on any atom is 0.306 e. The second-order valence-electron chi connectivity index (χ2n) is 10.4. The van der Waals surface area contributed by atoms with Gasteiger partial charge in [-0.2, -0.15) is 0 Å². The number of Topliss-reactive ketones (excluding diaryl/α,β-unsaturated/α-hetero) is 1. The van der Waals surface area contributed by atoms with Gasteiger partial charge in [0.2, 0.25) is 0 Å². The summed E-state index contributed by atoms with van der Waals surface area (Å²) in [7, 11) is 0. The number of carbonyl (C=O) groups is 3. The van der Waals surface area contributed by atoms with Gasteiger partial charge in [0.1, 0.15) is 19.0 Å². The van der Waals surface area contributed by atoms with Crippen LogP contribution in [0, 0.1) is 0 Å². The van der Waals surface area contributed by atoms with Crippen molar-refractivity contribution in [2.45, 2.75) is 168 Å². The minimum atomic E-state index is -0.0258. The Morgan fingerprint density at radius 1 is 0.676 bits per heavy atom. The summed E-state index contributed by atoms with van der Waals surface area (Å²) in [4.78, 5) is 34.4. The Morgan fingerprint density at radius 3 is 1.95 bits per heavy atom. The van der Waals surface area contributed by atoms with E-state index in [0.717, 1.165) is 76.9 Å². The largest absolute Gasteiger partial charge is 0.462 e. The minimum Gasteiger partial charge on any atom is -0.462 e. The molecule has 0 aromatic rings. The molecule has 0 spiro atoms. The molecule has 5 heteroatoms. The number of allylic oxidation sites excluding steroid dienone is 1. The lowest BCUT2D eigenvalue weighted by molar-refractivity contribution is -0.149. The van der Waals surface area contributed by atoms with Gasteiger partial charge >= 0.3 is 5.97 Å². The molecule has 0 amide bonds. The van der Waals surface area contributed by atoms with E-state index in [1.165, 1.54) is 44.9 Å². The summed E-state index contributed by atoms with van der Waals surface area (Å²) in [6.07, 6.45) is 26.4. The lowest BCUT2D eigenvalue weighted by Crippen LogP contribution is -2.18. The zero-order valence-electron chi connectivity index (χ0n) is 24.5. The Hall–Kier alpha value is -1.49. The number of ether oxygens (including phenoxy) is 2. The fourth-order valence-corrected chi connectivity index (χ4v) is 4.39. The Balaban J connectivity index is 3.95. The van der Waals surface area contributed by atoms with E-state index in [0.29, 0.717) is 6.42 Å². The molecule has 0 radical (unpaired) electrons. The Morgan fingerprint density at radius 2 is 1.30 bits per heavy atom. The summed E-state index contributed by atoms with van der Waals surface area (Å²) in [6.45, 7) is 6.64. The number of ketones is 1. The predicted molar refractivity (Wildman–Crippen MR) is 154 cm³/mol. The lowest BCUT2D eigenvalue weighted by atomic mass is 10.1. The minimum absolute atomic E-state index is 0.00971. The van der Waals surface area contributed by atoms with Gasteiger partial charge in [-0.3, -0.25) is 9.59 Å². The van der Waals surface area contributed by atoms with Crippen LogP contribution in [0.5, 0.6) is 0 Å². The van der Waals surface area contributed by atoms with Crippen molar-refractivity contribution in [3.63, 3.8) is 0 Å². The smallest absolute Gasteiger partial charge is 0.306 e. The van der Waals surface area contributed by atoms with Crippen LogP contribution in [0.3, 0.4) is 0 Å². The first-order valence-electron chi connectivity index (χ1n) is 15.5. The molecule has 0 saturated carbocycles. The highest BCUT2D eigenvalue weighted by molar-refractivity contribution is 5.81. The van der Waals surface area contributed by atoms with Gasteiger partial charge < -0.3 is 14.3 Å². The van der Waals surface area contributed by atoms with Crippen molar-refractivity contribution in [2.75, 3.05) is 6.61 Å². The summed E-state index contributed by atoms with van der Waals surface area (Å²) in [5, 5.41) is 0. The third-order valence-electron chi connectivity index (χ3n) is 6.85. The summed E-state index contributed by atoms with van der Waals surface area (Å²) < 4.78 is 11.5. The van der Waals surface area contributed by atoms with Crippen molar-refractivity contribution in [3.05, 3.63) is 12.2 Å². The average molecular weight is 523 g/mol. The summed E-state index contributed by atoms with van der Waals surface area (Å²) in [6, 6.07) is 0. The number of esters is 1. The maximum absolute atomic E-state index is 12.1. The van der Waals surface area contributed by atoms with E-state index >= 15 is 0 Å². The van der Waals surface area contributed by atoms with Crippen LogP contribution in [0.15, 0.2) is 12.2 Å². The molecule has 0 fully saturated rings. The summed E-state index contributed by atoms with van der Waals surface area (Å²) in [5.41, 5.74) is 0. The number of carbonyl (C=O) groups excluding carboxylic acids is 3. The average Bonchev–Trinajstić information content (AvgIpc) is 2.90. The molecule has 5 nitrogen and oxygen atoms in total. The first kappa shape index (κ1) is 35.5. The normalized spacial score (nSPS) is 13.1. The summed E-state index contributed by atoms with van der Waals surface area (Å²) >= 11 is 0. The van der Waals surface area contributed by atoms with Gasteiger partial charge in [-0.05, 0) is 51.4 Å². The zero-order valence-corrected chi connectivity index (χ0v) is 24.5. The Labute approximate surface area is 228 Å². The van der Waals surface area contributed by atoms with Crippen molar-refractivity contribution in [2.24, 2.45) is 0 Å². The van der Waals surface area contributed by atoms with E-state index in [1.54, 1.807) is 0 Å². The van der Waals surface area contributed by atoms with Crippen molar-refractivity contribution in [1.29, 1.82) is 0 Å². The predicted octanol–water partition coefficient (Wildman–Crippen LogP) is 8.86. The molecule has 216 valence electrons. The molecule has 2 atom stereocenters. The number of unbranched alkanes of at least 4 members (excludes halogenated alkanes) is 11. The molecular formula is C32H58O5. The highest BCUT2D eigenvalue weighted by Crippen LogP contribution is 2.15. The van der Waals surface area contributed by atoms with E-state index in [1.807, 2.05) is 0 Å². The third-order valence-corrected chi connectivity index (χ3v) is 6.85. The highest BCUT2D eigenvalue weighted by Gasteiger charge is 2.12. The lowest BCUT2D eigenvalue weighted by Gasteiger charge is -2.16. The number of hydrogen-bond acceptors (Lipinski definition) is 5. The summed E-state index contributed by atoms with van der Waals surface area (Å²) in [5.74, 6) is -0.0160. The van der Waals surface area contributed by atoms with Crippen molar-refractivity contribution in [1.82, 2.24) is 0 Å². The molecule has 0 aromatic heterocycles. The van der Waals surface area contributed by atoms with E-state index in [-0.39, 0.29) is 43.4 Å². The van der Waals surface area contributed by atoms with Crippen LogP contribution < -0.4 is 0 Å². The van der Waals surface area contributed by atoms with Crippen LogP contribution in [-0.2, 0) is 23.9 Å². The highest BCUT2D eigenvalue weighted by atomic mass is 16.5. The monoisotopic (exact) mass is 522 g/mol. The van der Waals surface area contributed by atoms with Gasteiger partial charge in [-0.1, -0.05) is 97.1 Å². The second-order valence-corrected chi connectivity index (χ2v) is 10.4. The molecule has 0 rings (SSSR count). The molecule has 0 N–H and O–H groups in total. The van der Waals surface area contributed by atoms with Crippen LogP contribution in [0.4, 0.5) is 0 Å². The van der Waals surface area contributed by atoms with Gasteiger partial charge in [-0.15, -0.1) is 0 Å². The number of hydrogen-bond donors (Lipinski definition) is 0. The molecule has 2 unspecified atom stereocenters. The van der Waals surface area contributed by atoms with Crippen LogP contribution in [0.1, 0.15) is 156 Å². The quantitative estimate of drug-likeness (QED) is 0.0444. The van der Waals surface area contributed by atoms with Crippen LogP contribution in [0.2, 0.25) is 0 Å². The van der Waals surface area contributed by atoms with E-state index in [9.17, 15) is 14.4 Å².